The van der Waals surface area contributed by atoms with Crippen LogP contribution in [0.5, 0.6) is 0 Å². The Labute approximate surface area is 211 Å². The van der Waals surface area contributed by atoms with Crippen LogP contribution >= 0.6 is 0 Å². The Morgan fingerprint density at radius 2 is 2.05 bits per heavy atom. The molecule has 0 spiro atoms. The van der Waals surface area contributed by atoms with Crippen LogP contribution in [0.15, 0.2) is 46.2 Å². The van der Waals surface area contributed by atoms with Crippen molar-refractivity contribution >= 4 is 22.5 Å². The molecule has 1 fully saturated rings. The van der Waals surface area contributed by atoms with Crippen LogP contribution in [0.3, 0.4) is 0 Å². The lowest BCUT2D eigenvalue weighted by atomic mass is 10.0. The second kappa shape index (κ2) is 8.80. The molecule has 188 valence electrons. The predicted octanol–water partition coefficient (Wildman–Crippen LogP) is 1.97. The summed E-state index contributed by atoms with van der Waals surface area (Å²) in [5.74, 6) is 2.13. The number of aryl methyl sites for hydroxylation is 4. The lowest BCUT2D eigenvalue weighted by molar-refractivity contribution is -0.685. The Morgan fingerprint density at radius 3 is 2.76 bits per heavy atom. The maximum atomic E-state index is 13.8. The fourth-order valence-corrected chi connectivity index (χ4v) is 4.72. The zero-order chi connectivity index (χ0) is 25.7. The second-order valence-electron chi connectivity index (χ2n) is 9.36. The van der Waals surface area contributed by atoms with Gasteiger partial charge in [-0.3, -0.25) is 14.0 Å². The first kappa shape index (κ1) is 22.8. The third-order valence-corrected chi connectivity index (χ3v) is 6.64. The molecular formula is C25H27N10O2+. The first-order valence-electron chi connectivity index (χ1n) is 12.2. The van der Waals surface area contributed by atoms with Crippen molar-refractivity contribution < 1.29 is 9.09 Å². The molecule has 5 aromatic rings. The van der Waals surface area contributed by atoms with Crippen molar-refractivity contribution in [3.05, 3.63) is 59.0 Å². The highest BCUT2D eigenvalue weighted by molar-refractivity contribution is 5.93. The van der Waals surface area contributed by atoms with Gasteiger partial charge in [-0.15, -0.1) is 0 Å². The van der Waals surface area contributed by atoms with E-state index in [1.165, 1.54) is 0 Å². The van der Waals surface area contributed by atoms with Crippen LogP contribution in [-0.4, -0.2) is 34.5 Å². The zero-order valence-corrected chi connectivity index (χ0v) is 20.6. The highest BCUT2D eigenvalue weighted by atomic mass is 16.5. The first-order valence-corrected chi connectivity index (χ1v) is 12.2. The summed E-state index contributed by atoms with van der Waals surface area (Å²) in [7, 11) is 1.86. The number of aromatic nitrogens is 8. The van der Waals surface area contributed by atoms with Crippen LogP contribution in [-0.2, 0) is 20.0 Å². The fraction of sp³-hybridized carbons (Fsp3) is 0.320. The molecule has 1 aliphatic carbocycles. The molecule has 0 atom stereocenters. The van der Waals surface area contributed by atoms with Gasteiger partial charge < -0.3 is 16.0 Å². The quantitative estimate of drug-likeness (QED) is 0.319. The van der Waals surface area contributed by atoms with Crippen molar-refractivity contribution in [3.63, 3.8) is 0 Å². The van der Waals surface area contributed by atoms with Crippen molar-refractivity contribution in [1.29, 1.82) is 0 Å². The number of nitrogens with two attached hydrogens (primary N) is 2. The van der Waals surface area contributed by atoms with Gasteiger partial charge in [0.05, 0.1) is 23.6 Å². The van der Waals surface area contributed by atoms with Gasteiger partial charge in [0.15, 0.2) is 5.56 Å². The molecule has 37 heavy (non-hydrogen) atoms. The van der Waals surface area contributed by atoms with Crippen LogP contribution in [0.4, 0.5) is 11.6 Å². The summed E-state index contributed by atoms with van der Waals surface area (Å²) in [6.45, 7) is 2.25. The van der Waals surface area contributed by atoms with Crippen LogP contribution in [0, 0.1) is 6.92 Å². The minimum Gasteiger partial charge on any atom is -0.369 e. The van der Waals surface area contributed by atoms with Gasteiger partial charge in [0.25, 0.3) is 5.56 Å². The summed E-state index contributed by atoms with van der Waals surface area (Å²) < 4.78 is 10.5. The fourth-order valence-electron chi connectivity index (χ4n) is 4.72. The molecule has 12 nitrogen and oxygen atoms in total. The van der Waals surface area contributed by atoms with Crippen LogP contribution in [0.2, 0.25) is 0 Å². The van der Waals surface area contributed by atoms with Crippen molar-refractivity contribution in [1.82, 2.24) is 34.5 Å². The highest BCUT2D eigenvalue weighted by Gasteiger charge is 2.29. The Bertz CT molecular complexity index is 1700. The van der Waals surface area contributed by atoms with E-state index in [2.05, 4.69) is 20.2 Å². The van der Waals surface area contributed by atoms with E-state index in [4.69, 9.17) is 21.0 Å². The number of nitrogen functional groups attached to an aromatic ring is 2. The van der Waals surface area contributed by atoms with Gasteiger partial charge in [0.1, 0.15) is 5.82 Å². The van der Waals surface area contributed by atoms with Crippen LogP contribution in [0.1, 0.15) is 37.0 Å². The summed E-state index contributed by atoms with van der Waals surface area (Å²) in [6.07, 6.45) is 8.54. The molecule has 0 aliphatic heterocycles. The molecule has 4 N–H and O–H groups in total. The third kappa shape index (κ3) is 4.09. The van der Waals surface area contributed by atoms with Gasteiger partial charge in [-0.05, 0) is 30.9 Å². The average Bonchev–Trinajstić information content (AvgIpc) is 3.47. The highest BCUT2D eigenvalue weighted by Crippen LogP contribution is 2.36. The molecule has 1 saturated carbocycles. The summed E-state index contributed by atoms with van der Waals surface area (Å²) in [6, 6.07) is 5.97. The molecule has 0 bridgehead atoms. The molecule has 0 amide bonds. The molecule has 6 rings (SSSR count). The predicted molar refractivity (Wildman–Crippen MR) is 136 cm³/mol. The molecule has 4 aromatic heterocycles. The monoisotopic (exact) mass is 499 g/mol. The number of fused-ring (bicyclic) bond motifs is 1. The van der Waals surface area contributed by atoms with Gasteiger partial charge in [0.2, 0.25) is 29.7 Å². The Balaban J connectivity index is 1.32. The lowest BCUT2D eigenvalue weighted by Crippen LogP contribution is -2.39. The topological polar surface area (TPSA) is 160 Å². The molecule has 0 saturated heterocycles. The Morgan fingerprint density at radius 1 is 1.22 bits per heavy atom. The Kier molecular flexibility index (Phi) is 5.43. The zero-order valence-electron chi connectivity index (χ0n) is 20.6. The number of hydrogen-bond donors (Lipinski definition) is 2. The number of hydrogen-bond acceptors (Lipinski definition) is 9. The number of nitrogens with zero attached hydrogens (tertiary/aromatic N) is 8. The van der Waals surface area contributed by atoms with E-state index in [1.54, 1.807) is 28.7 Å². The van der Waals surface area contributed by atoms with Crippen molar-refractivity contribution in [2.75, 3.05) is 11.5 Å². The SMILES string of the molecule is Cc1nc(-c2c(N)nc[n+](CCCc3nc4cccc(-c5cnn(C)c5)c4c(=O)n3C3CC3)c2N)no1. The minimum atomic E-state index is -0.00182. The van der Waals surface area contributed by atoms with Crippen molar-refractivity contribution in [2.45, 2.75) is 45.2 Å². The summed E-state index contributed by atoms with van der Waals surface area (Å²) in [4.78, 5) is 27.2. The lowest BCUT2D eigenvalue weighted by Gasteiger charge is -2.14. The van der Waals surface area contributed by atoms with Gasteiger partial charge in [-0.1, -0.05) is 22.3 Å². The van der Waals surface area contributed by atoms with Gasteiger partial charge in [0, 0.05) is 38.2 Å². The first-order chi connectivity index (χ1) is 17.9. The molecule has 0 unspecified atom stereocenters. The summed E-state index contributed by atoms with van der Waals surface area (Å²) in [5, 5.41) is 8.84. The minimum absolute atomic E-state index is 0.00182. The van der Waals surface area contributed by atoms with E-state index in [0.717, 1.165) is 29.8 Å². The normalized spacial score (nSPS) is 13.5. The van der Waals surface area contributed by atoms with E-state index >= 15 is 0 Å². The molecule has 4 heterocycles. The molecule has 0 radical (unpaired) electrons. The van der Waals surface area contributed by atoms with E-state index in [-0.39, 0.29) is 17.4 Å². The molecule has 12 heteroatoms. The van der Waals surface area contributed by atoms with Crippen LogP contribution in [0.25, 0.3) is 33.4 Å². The Hall–Kier alpha value is -4.61. The van der Waals surface area contributed by atoms with E-state index < -0.39 is 0 Å². The van der Waals surface area contributed by atoms with Gasteiger partial charge in [-0.25, -0.2) is 9.55 Å². The third-order valence-electron chi connectivity index (χ3n) is 6.64. The molecule has 1 aliphatic rings. The summed E-state index contributed by atoms with van der Waals surface area (Å²) in [5.41, 5.74) is 15.4. The van der Waals surface area contributed by atoms with Crippen molar-refractivity contribution in [3.8, 4) is 22.5 Å². The molecular weight excluding hydrogens is 472 g/mol. The maximum absolute atomic E-state index is 13.8. The number of anilines is 2. The number of benzene rings is 1. The van der Waals surface area contributed by atoms with E-state index in [1.807, 2.05) is 36.0 Å². The average molecular weight is 500 g/mol. The van der Waals surface area contributed by atoms with E-state index in [0.29, 0.717) is 53.4 Å². The van der Waals surface area contributed by atoms with Crippen LogP contribution < -0.4 is 21.6 Å². The maximum Gasteiger partial charge on any atom is 0.262 e. The van der Waals surface area contributed by atoms with Crippen molar-refractivity contribution in [2.24, 2.45) is 7.05 Å². The summed E-state index contributed by atoms with van der Waals surface area (Å²) >= 11 is 0. The molecule has 1 aromatic carbocycles. The smallest absolute Gasteiger partial charge is 0.262 e. The number of rotatable bonds is 7. The second-order valence-corrected chi connectivity index (χ2v) is 9.36. The van der Waals surface area contributed by atoms with E-state index in [9.17, 15) is 4.79 Å². The largest absolute Gasteiger partial charge is 0.369 e. The van der Waals surface area contributed by atoms with Gasteiger partial charge >= 0.3 is 0 Å². The standard InChI is InChI=1S/C25H26N10O2/c1-14-30-24(32-37-14)21-22(26)28-13-34(23(21)27)10-4-7-19-31-18-6-3-5-17(15-11-29-33(2)12-15)20(18)25(36)35(19)16-8-9-16/h3,5-6,11-13,16H,4,7-10H2,1-2H3,(H3,26,27,32)/p+1. The van der Waals surface area contributed by atoms with Gasteiger partial charge in [-0.2, -0.15) is 10.1 Å².